The van der Waals surface area contributed by atoms with Gasteiger partial charge in [0, 0.05) is 35.3 Å². The highest BCUT2D eigenvalue weighted by Crippen LogP contribution is 2.24. The first-order valence-corrected chi connectivity index (χ1v) is 11.7. The van der Waals surface area contributed by atoms with Gasteiger partial charge in [0.05, 0.1) is 17.7 Å². The molecule has 1 aromatic carbocycles. The maximum atomic E-state index is 12.8. The predicted octanol–water partition coefficient (Wildman–Crippen LogP) is 5.25. The van der Waals surface area contributed by atoms with Crippen LogP contribution in [0.25, 0.3) is 10.9 Å². The zero-order valence-electron chi connectivity index (χ0n) is 18.5. The summed E-state index contributed by atoms with van der Waals surface area (Å²) in [5.41, 5.74) is 1.52. The maximum absolute atomic E-state index is 12.8. The average Bonchev–Trinajstić information content (AvgIpc) is 3.12. The maximum Gasteiger partial charge on any atom is 0.251 e. The van der Waals surface area contributed by atoms with Crippen LogP contribution in [0.5, 0.6) is 0 Å². The Kier molecular flexibility index (Phi) is 8.61. The number of hydrogen-bond donors (Lipinski definition) is 2. The smallest absolute Gasteiger partial charge is 0.251 e. The molecule has 1 unspecified atom stereocenters. The van der Waals surface area contributed by atoms with Crippen molar-refractivity contribution in [3.8, 4) is 0 Å². The lowest BCUT2D eigenvalue weighted by atomic mass is 9.97. The number of aromatic nitrogens is 1. The van der Waals surface area contributed by atoms with E-state index in [4.69, 9.17) is 16.3 Å². The van der Waals surface area contributed by atoms with Crippen LogP contribution >= 0.6 is 11.6 Å². The van der Waals surface area contributed by atoms with Crippen molar-refractivity contribution in [3.05, 3.63) is 35.0 Å². The van der Waals surface area contributed by atoms with Gasteiger partial charge in [-0.3, -0.25) is 4.79 Å². The first-order chi connectivity index (χ1) is 14.5. The Balaban J connectivity index is 1.50. The highest BCUT2D eigenvalue weighted by molar-refractivity contribution is 6.35. The number of H-pyrrole nitrogens is 1. The van der Waals surface area contributed by atoms with Crippen molar-refractivity contribution in [1.82, 2.24) is 15.2 Å². The van der Waals surface area contributed by atoms with E-state index in [1.54, 1.807) is 6.20 Å². The summed E-state index contributed by atoms with van der Waals surface area (Å²) in [7, 11) is 0. The predicted molar refractivity (Wildman–Crippen MR) is 124 cm³/mol. The Morgan fingerprint density at radius 2 is 2.10 bits per heavy atom. The third-order valence-corrected chi connectivity index (χ3v) is 6.50. The van der Waals surface area contributed by atoms with Crippen molar-refractivity contribution in [2.75, 3.05) is 26.3 Å². The number of amides is 1. The Morgan fingerprint density at radius 3 is 2.80 bits per heavy atom. The lowest BCUT2D eigenvalue weighted by molar-refractivity contribution is 0.0461. The van der Waals surface area contributed by atoms with E-state index in [-0.39, 0.29) is 11.9 Å². The summed E-state index contributed by atoms with van der Waals surface area (Å²) >= 11 is 6.14. The van der Waals surface area contributed by atoms with Crippen LogP contribution in [-0.4, -0.2) is 54.2 Å². The molecule has 0 aliphatic carbocycles. The summed E-state index contributed by atoms with van der Waals surface area (Å²) in [5.74, 6) is 0.570. The van der Waals surface area contributed by atoms with E-state index in [9.17, 15) is 4.79 Å². The number of nitrogens with zero attached hydrogens (tertiary/aromatic N) is 1. The quantitative estimate of drug-likeness (QED) is 0.538. The van der Waals surface area contributed by atoms with Crippen molar-refractivity contribution in [2.45, 2.75) is 65.0 Å². The number of benzene rings is 1. The molecule has 0 saturated carbocycles. The molecule has 2 heterocycles. The number of rotatable bonds is 10. The second-order valence-corrected chi connectivity index (χ2v) is 9.23. The number of piperidine rings is 1. The average molecular weight is 434 g/mol. The fourth-order valence-corrected chi connectivity index (χ4v) is 4.38. The number of hydrogen-bond acceptors (Lipinski definition) is 3. The fraction of sp³-hybridized carbons (Fsp3) is 0.625. The monoisotopic (exact) mass is 433 g/mol. The molecule has 2 N–H and O–H groups in total. The van der Waals surface area contributed by atoms with Gasteiger partial charge in [0.15, 0.2) is 0 Å². The Labute approximate surface area is 185 Å². The highest BCUT2D eigenvalue weighted by Gasteiger charge is 2.22. The molecule has 6 heteroatoms. The van der Waals surface area contributed by atoms with Crippen LogP contribution in [0.3, 0.4) is 0 Å². The summed E-state index contributed by atoms with van der Waals surface area (Å²) in [4.78, 5) is 18.5. The minimum absolute atomic E-state index is 0.0381. The molecule has 0 spiro atoms. The molecule has 0 radical (unpaired) electrons. The Bertz CT molecular complexity index is 812. The molecule has 166 valence electrons. The van der Waals surface area contributed by atoms with E-state index in [2.05, 4.69) is 36.0 Å². The van der Waals surface area contributed by atoms with Crippen molar-refractivity contribution < 1.29 is 9.53 Å². The molecule has 1 aromatic heterocycles. The Hall–Kier alpha value is -1.56. The topological polar surface area (TPSA) is 57.4 Å². The van der Waals surface area contributed by atoms with Gasteiger partial charge in [-0.25, -0.2) is 0 Å². The second kappa shape index (κ2) is 11.2. The third kappa shape index (κ3) is 6.22. The van der Waals surface area contributed by atoms with Crippen LogP contribution in [0.4, 0.5) is 0 Å². The van der Waals surface area contributed by atoms with E-state index in [1.807, 2.05) is 18.2 Å². The zero-order valence-corrected chi connectivity index (χ0v) is 19.3. The first kappa shape index (κ1) is 23.1. The molecule has 1 aliphatic heterocycles. The second-order valence-electron chi connectivity index (χ2n) is 8.82. The van der Waals surface area contributed by atoms with Crippen molar-refractivity contribution in [2.24, 2.45) is 5.92 Å². The Morgan fingerprint density at radius 1 is 1.33 bits per heavy atom. The van der Waals surface area contributed by atoms with Gasteiger partial charge in [0.25, 0.3) is 5.91 Å². The first-order valence-electron chi connectivity index (χ1n) is 11.4. The molecule has 1 saturated heterocycles. The molecule has 3 rings (SSSR count). The number of unbranched alkanes of at least 4 members (excludes halogenated alkanes) is 1. The van der Waals surface area contributed by atoms with Gasteiger partial charge in [-0.2, -0.15) is 0 Å². The van der Waals surface area contributed by atoms with Crippen LogP contribution in [0.15, 0.2) is 24.4 Å². The van der Waals surface area contributed by atoms with E-state index >= 15 is 0 Å². The third-order valence-electron chi connectivity index (χ3n) is 6.19. The zero-order chi connectivity index (χ0) is 21.5. The minimum atomic E-state index is -0.0578. The van der Waals surface area contributed by atoms with Crippen LogP contribution in [0.1, 0.15) is 63.2 Å². The summed E-state index contributed by atoms with van der Waals surface area (Å²) in [6.45, 7) is 10.4. The standard InChI is InChI=1S/C24H36ClN3O2/c1-4-5-6-20(16-30-15-18-9-11-28(12-10-18)17(2)3)27-24(29)19-7-8-21-22(25)14-26-23(21)13-19/h7-8,13-14,17-18,20,26H,4-6,9-12,15-16H2,1-3H3,(H,27,29). The van der Waals surface area contributed by atoms with Gasteiger partial charge in [0.2, 0.25) is 0 Å². The van der Waals surface area contributed by atoms with Gasteiger partial charge in [0.1, 0.15) is 0 Å². The number of carbonyl (C=O) groups excluding carboxylic acids is 1. The number of likely N-dealkylation sites (tertiary alicyclic amines) is 1. The SMILES string of the molecule is CCCCC(COCC1CCN(C(C)C)CC1)NC(=O)c1ccc2c(Cl)c[nH]c2c1. The van der Waals surface area contributed by atoms with Crippen LogP contribution in [0.2, 0.25) is 5.02 Å². The van der Waals surface area contributed by atoms with Gasteiger partial charge < -0.3 is 19.9 Å². The molecule has 0 bridgehead atoms. The number of fused-ring (bicyclic) bond motifs is 1. The number of aromatic amines is 1. The molecule has 1 atom stereocenters. The van der Waals surface area contributed by atoms with Gasteiger partial charge in [-0.15, -0.1) is 0 Å². The lowest BCUT2D eigenvalue weighted by Crippen LogP contribution is -2.41. The van der Waals surface area contributed by atoms with Gasteiger partial charge in [-0.1, -0.05) is 37.4 Å². The van der Waals surface area contributed by atoms with E-state index in [1.165, 1.54) is 12.8 Å². The molecular formula is C24H36ClN3O2. The van der Waals surface area contributed by atoms with E-state index < -0.39 is 0 Å². The summed E-state index contributed by atoms with van der Waals surface area (Å²) in [6.07, 6.45) is 7.26. The molecule has 1 amide bonds. The molecule has 5 nitrogen and oxygen atoms in total. The van der Waals surface area contributed by atoms with Crippen LogP contribution in [-0.2, 0) is 4.74 Å². The molecule has 30 heavy (non-hydrogen) atoms. The summed E-state index contributed by atoms with van der Waals surface area (Å²) in [5, 5.41) is 4.78. The fourth-order valence-electron chi connectivity index (χ4n) is 4.16. The summed E-state index contributed by atoms with van der Waals surface area (Å²) < 4.78 is 6.08. The number of nitrogens with one attached hydrogen (secondary N) is 2. The number of halogens is 1. The van der Waals surface area contributed by atoms with Crippen molar-refractivity contribution in [1.29, 1.82) is 0 Å². The van der Waals surface area contributed by atoms with Crippen LogP contribution in [0, 0.1) is 5.92 Å². The number of ether oxygens (including phenoxy) is 1. The minimum Gasteiger partial charge on any atom is -0.379 e. The lowest BCUT2D eigenvalue weighted by Gasteiger charge is -2.34. The molecule has 1 fully saturated rings. The normalized spacial score (nSPS) is 17.0. The van der Waals surface area contributed by atoms with Gasteiger partial charge >= 0.3 is 0 Å². The molecule has 2 aromatic rings. The van der Waals surface area contributed by atoms with Crippen LogP contribution < -0.4 is 5.32 Å². The van der Waals surface area contributed by atoms with Crippen molar-refractivity contribution in [3.63, 3.8) is 0 Å². The van der Waals surface area contributed by atoms with Gasteiger partial charge in [-0.05, 0) is 64.3 Å². The van der Waals surface area contributed by atoms with E-state index in [0.717, 1.165) is 49.9 Å². The highest BCUT2D eigenvalue weighted by atomic mass is 35.5. The van der Waals surface area contributed by atoms with E-state index in [0.29, 0.717) is 29.2 Å². The van der Waals surface area contributed by atoms with Crippen molar-refractivity contribution >= 4 is 28.4 Å². The largest absolute Gasteiger partial charge is 0.379 e. The molecular weight excluding hydrogens is 398 g/mol. The summed E-state index contributed by atoms with van der Waals surface area (Å²) in [6, 6.07) is 6.25. The number of carbonyl (C=O) groups is 1. The molecule has 1 aliphatic rings.